The van der Waals surface area contributed by atoms with Crippen LogP contribution in [-0.4, -0.2) is 53.2 Å². The number of carboxylic acids is 1. The molecule has 1 amide bonds. The van der Waals surface area contributed by atoms with Crippen molar-refractivity contribution in [3.05, 3.63) is 23.8 Å². The summed E-state index contributed by atoms with van der Waals surface area (Å²) in [5.74, 6) is -0.640. The van der Waals surface area contributed by atoms with E-state index in [-0.39, 0.29) is 19.0 Å². The van der Waals surface area contributed by atoms with Crippen molar-refractivity contribution in [2.24, 2.45) is 0 Å². The number of aliphatic carboxylic acids is 1. The Hall–Kier alpha value is -2.12. The highest BCUT2D eigenvalue weighted by molar-refractivity contribution is 5.97. The fourth-order valence-electron chi connectivity index (χ4n) is 2.13. The van der Waals surface area contributed by atoms with Gasteiger partial charge in [0.1, 0.15) is 5.75 Å². The molecule has 0 saturated heterocycles. The Labute approximate surface area is 122 Å². The zero-order chi connectivity index (χ0) is 15.6. The van der Waals surface area contributed by atoms with Crippen molar-refractivity contribution < 1.29 is 24.5 Å². The van der Waals surface area contributed by atoms with Crippen molar-refractivity contribution in [3.63, 3.8) is 0 Å². The lowest BCUT2D eigenvalue weighted by molar-refractivity contribution is -0.138. The Morgan fingerprint density at radius 2 is 2.24 bits per heavy atom. The SMILES string of the molecule is CC1Oc2ccc(C(O)CN(C)CC(=O)O)cc2NC1=O. The molecule has 2 atom stereocenters. The summed E-state index contributed by atoms with van der Waals surface area (Å²) in [6, 6.07) is 5.02. The number of carbonyl (C=O) groups excluding carboxylic acids is 1. The van der Waals surface area contributed by atoms with E-state index in [1.54, 1.807) is 32.2 Å². The molecule has 0 fully saturated rings. The van der Waals surface area contributed by atoms with Gasteiger partial charge in [0.2, 0.25) is 0 Å². The lowest BCUT2D eigenvalue weighted by Crippen LogP contribution is -2.34. The highest BCUT2D eigenvalue weighted by Gasteiger charge is 2.24. The Morgan fingerprint density at radius 1 is 1.52 bits per heavy atom. The average molecular weight is 294 g/mol. The molecule has 0 spiro atoms. The molecule has 0 aromatic heterocycles. The lowest BCUT2D eigenvalue weighted by atomic mass is 10.1. The second-order valence-corrected chi connectivity index (χ2v) is 5.11. The summed E-state index contributed by atoms with van der Waals surface area (Å²) >= 11 is 0. The fourth-order valence-corrected chi connectivity index (χ4v) is 2.13. The number of aliphatic hydroxyl groups excluding tert-OH is 1. The lowest BCUT2D eigenvalue weighted by Gasteiger charge is -2.25. The van der Waals surface area contributed by atoms with Crippen molar-refractivity contribution in [1.29, 1.82) is 0 Å². The summed E-state index contributed by atoms with van der Waals surface area (Å²) in [5.41, 5.74) is 1.10. The van der Waals surface area contributed by atoms with Crippen molar-refractivity contribution in [2.45, 2.75) is 19.1 Å². The number of fused-ring (bicyclic) bond motifs is 1. The van der Waals surface area contributed by atoms with Crippen LogP contribution in [0, 0.1) is 0 Å². The number of rotatable bonds is 5. The summed E-state index contributed by atoms with van der Waals surface area (Å²) in [7, 11) is 1.61. The summed E-state index contributed by atoms with van der Waals surface area (Å²) in [5, 5.41) is 21.5. The Kier molecular flexibility index (Phi) is 4.44. The fraction of sp³-hybridized carbons (Fsp3) is 0.429. The van der Waals surface area contributed by atoms with Gasteiger partial charge in [0.05, 0.1) is 18.3 Å². The number of nitrogens with zero attached hydrogens (tertiary/aromatic N) is 1. The number of carbonyl (C=O) groups is 2. The first-order valence-corrected chi connectivity index (χ1v) is 6.56. The topological polar surface area (TPSA) is 99.1 Å². The van der Waals surface area contributed by atoms with E-state index < -0.39 is 18.2 Å². The molecule has 1 aromatic carbocycles. The number of likely N-dealkylation sites (N-methyl/N-ethyl adjacent to an activating group) is 1. The van der Waals surface area contributed by atoms with Gasteiger partial charge >= 0.3 is 5.97 Å². The molecule has 1 aliphatic rings. The molecule has 2 rings (SSSR count). The van der Waals surface area contributed by atoms with E-state index in [4.69, 9.17) is 9.84 Å². The molecule has 0 saturated carbocycles. The van der Waals surface area contributed by atoms with Gasteiger partial charge in [-0.2, -0.15) is 0 Å². The number of amides is 1. The molecular formula is C14H18N2O5. The van der Waals surface area contributed by atoms with Crippen LogP contribution in [0.15, 0.2) is 18.2 Å². The van der Waals surface area contributed by atoms with E-state index >= 15 is 0 Å². The Bertz CT molecular complexity index is 560. The van der Waals surface area contributed by atoms with Crippen LogP contribution in [0.25, 0.3) is 0 Å². The quantitative estimate of drug-likeness (QED) is 0.729. The van der Waals surface area contributed by atoms with Crippen LogP contribution in [0.4, 0.5) is 5.69 Å². The third kappa shape index (κ3) is 3.71. The van der Waals surface area contributed by atoms with Gasteiger partial charge in [0.25, 0.3) is 5.91 Å². The highest BCUT2D eigenvalue weighted by atomic mass is 16.5. The van der Waals surface area contributed by atoms with E-state index in [9.17, 15) is 14.7 Å². The summed E-state index contributed by atoms with van der Waals surface area (Å²) in [6.07, 6.45) is -1.40. The first kappa shape index (κ1) is 15.3. The smallest absolute Gasteiger partial charge is 0.317 e. The van der Waals surface area contributed by atoms with Gasteiger partial charge in [-0.05, 0) is 31.7 Å². The molecule has 7 heteroatoms. The minimum Gasteiger partial charge on any atom is -0.480 e. The Morgan fingerprint density at radius 3 is 2.90 bits per heavy atom. The molecule has 1 aromatic rings. The van der Waals surface area contributed by atoms with Crippen molar-refractivity contribution >= 4 is 17.6 Å². The molecule has 21 heavy (non-hydrogen) atoms. The molecule has 114 valence electrons. The molecule has 0 aliphatic carbocycles. The van der Waals surface area contributed by atoms with Gasteiger partial charge in [-0.25, -0.2) is 0 Å². The number of anilines is 1. The third-order valence-electron chi connectivity index (χ3n) is 3.21. The number of nitrogens with one attached hydrogen (secondary N) is 1. The van der Waals surface area contributed by atoms with Gasteiger partial charge in [0, 0.05) is 6.54 Å². The summed E-state index contributed by atoms with van der Waals surface area (Å²) in [4.78, 5) is 23.7. The molecule has 2 unspecified atom stereocenters. The first-order valence-electron chi connectivity index (χ1n) is 6.56. The van der Waals surface area contributed by atoms with Crippen molar-refractivity contribution in [2.75, 3.05) is 25.5 Å². The number of carboxylic acid groups (broad SMARTS) is 1. The monoisotopic (exact) mass is 294 g/mol. The number of hydrogen-bond acceptors (Lipinski definition) is 5. The zero-order valence-electron chi connectivity index (χ0n) is 11.9. The van der Waals surface area contributed by atoms with Crippen LogP contribution in [0.5, 0.6) is 5.75 Å². The van der Waals surface area contributed by atoms with E-state index in [1.165, 1.54) is 4.90 Å². The minimum absolute atomic E-state index is 0.153. The van der Waals surface area contributed by atoms with Crippen LogP contribution in [0.2, 0.25) is 0 Å². The van der Waals surface area contributed by atoms with Crippen LogP contribution >= 0.6 is 0 Å². The van der Waals surface area contributed by atoms with E-state index in [1.807, 2.05) is 0 Å². The Balaban J connectivity index is 2.09. The van der Waals surface area contributed by atoms with Crippen molar-refractivity contribution in [1.82, 2.24) is 4.90 Å². The normalized spacial score (nSPS) is 18.7. The van der Waals surface area contributed by atoms with Crippen LogP contribution in [0.3, 0.4) is 0 Å². The maximum Gasteiger partial charge on any atom is 0.317 e. The zero-order valence-corrected chi connectivity index (χ0v) is 11.9. The van der Waals surface area contributed by atoms with Gasteiger partial charge in [0.15, 0.2) is 6.10 Å². The second kappa shape index (κ2) is 6.11. The van der Waals surface area contributed by atoms with Gasteiger partial charge < -0.3 is 20.3 Å². The number of hydrogen-bond donors (Lipinski definition) is 3. The predicted molar refractivity (Wildman–Crippen MR) is 75.3 cm³/mol. The molecular weight excluding hydrogens is 276 g/mol. The van der Waals surface area contributed by atoms with Crippen LogP contribution in [-0.2, 0) is 9.59 Å². The van der Waals surface area contributed by atoms with Crippen LogP contribution in [0.1, 0.15) is 18.6 Å². The average Bonchev–Trinajstić information content (AvgIpc) is 2.38. The predicted octanol–water partition coefficient (Wildman–Crippen LogP) is 0.456. The highest BCUT2D eigenvalue weighted by Crippen LogP contribution is 2.32. The molecule has 7 nitrogen and oxygen atoms in total. The minimum atomic E-state index is -0.954. The van der Waals surface area contributed by atoms with E-state index in [2.05, 4.69) is 5.32 Å². The molecule has 3 N–H and O–H groups in total. The van der Waals surface area contributed by atoms with Crippen LogP contribution < -0.4 is 10.1 Å². The first-order chi connectivity index (χ1) is 9.86. The maximum atomic E-state index is 11.6. The van der Waals surface area contributed by atoms with E-state index in [0.717, 1.165) is 0 Å². The van der Waals surface area contributed by atoms with Gasteiger partial charge in [-0.3, -0.25) is 14.5 Å². The largest absolute Gasteiger partial charge is 0.480 e. The number of aliphatic hydroxyl groups is 1. The number of benzene rings is 1. The van der Waals surface area contributed by atoms with Crippen molar-refractivity contribution in [3.8, 4) is 5.75 Å². The summed E-state index contributed by atoms with van der Waals surface area (Å²) < 4.78 is 5.43. The molecule has 0 bridgehead atoms. The van der Waals surface area contributed by atoms with E-state index in [0.29, 0.717) is 17.0 Å². The second-order valence-electron chi connectivity index (χ2n) is 5.11. The van der Waals surface area contributed by atoms with Gasteiger partial charge in [-0.15, -0.1) is 0 Å². The molecule has 1 heterocycles. The number of ether oxygens (including phenoxy) is 1. The molecule has 0 radical (unpaired) electrons. The third-order valence-corrected chi connectivity index (χ3v) is 3.21. The van der Waals surface area contributed by atoms with Gasteiger partial charge in [-0.1, -0.05) is 6.07 Å². The summed E-state index contributed by atoms with van der Waals surface area (Å²) in [6.45, 7) is 1.68. The molecule has 1 aliphatic heterocycles. The standard InChI is InChI=1S/C14H18N2O5/c1-8-14(20)15-10-5-9(3-4-12(10)21-8)11(17)6-16(2)7-13(18)19/h3-5,8,11,17H,6-7H2,1-2H3,(H,15,20)(H,18,19). The maximum absolute atomic E-state index is 11.6.